The summed E-state index contributed by atoms with van der Waals surface area (Å²) in [6, 6.07) is 8.10. The van der Waals surface area contributed by atoms with Gasteiger partial charge in [0.05, 0.1) is 10.6 Å². The van der Waals surface area contributed by atoms with E-state index in [1.165, 1.54) is 43.5 Å². The SMILES string of the molecule is C[C@H](OC(=O)c1cccc(OC(F)F)c1)C(=O)Nc1ccc(Cl)cn1. The molecule has 1 amide bonds. The lowest BCUT2D eigenvalue weighted by atomic mass is 10.2. The lowest BCUT2D eigenvalue weighted by Crippen LogP contribution is -2.30. The van der Waals surface area contributed by atoms with Crippen molar-refractivity contribution < 1.29 is 27.8 Å². The van der Waals surface area contributed by atoms with Gasteiger partial charge in [-0.25, -0.2) is 9.78 Å². The van der Waals surface area contributed by atoms with Crippen LogP contribution in [0.2, 0.25) is 5.02 Å². The summed E-state index contributed by atoms with van der Waals surface area (Å²) in [5, 5.41) is 2.86. The molecular weight excluding hydrogens is 358 g/mol. The molecule has 0 radical (unpaired) electrons. The maximum atomic E-state index is 12.2. The summed E-state index contributed by atoms with van der Waals surface area (Å²) in [5.41, 5.74) is -0.0255. The zero-order valence-electron chi connectivity index (χ0n) is 12.9. The molecular formula is C16H13ClF2N2O4. The molecule has 25 heavy (non-hydrogen) atoms. The Kier molecular flexibility index (Phi) is 6.24. The first-order valence-electron chi connectivity index (χ1n) is 7.03. The molecule has 1 aromatic heterocycles. The van der Waals surface area contributed by atoms with Crippen LogP contribution in [0.25, 0.3) is 0 Å². The molecule has 0 aliphatic heterocycles. The van der Waals surface area contributed by atoms with E-state index in [0.29, 0.717) is 5.02 Å². The Morgan fingerprint density at radius 2 is 2.00 bits per heavy atom. The number of benzene rings is 1. The second-order valence-corrected chi connectivity index (χ2v) is 5.24. The number of anilines is 1. The zero-order valence-corrected chi connectivity index (χ0v) is 13.7. The van der Waals surface area contributed by atoms with Crippen LogP contribution in [-0.2, 0) is 9.53 Å². The Balaban J connectivity index is 1.97. The number of esters is 1. The number of hydrogen-bond acceptors (Lipinski definition) is 5. The number of nitrogens with one attached hydrogen (secondary N) is 1. The Labute approximate surface area is 146 Å². The van der Waals surface area contributed by atoms with E-state index in [9.17, 15) is 18.4 Å². The molecule has 1 N–H and O–H groups in total. The van der Waals surface area contributed by atoms with Crippen LogP contribution in [0.15, 0.2) is 42.6 Å². The summed E-state index contributed by atoms with van der Waals surface area (Å²) in [6.45, 7) is -1.65. The molecule has 132 valence electrons. The Morgan fingerprint density at radius 3 is 2.64 bits per heavy atom. The van der Waals surface area contributed by atoms with Crippen molar-refractivity contribution in [3.05, 3.63) is 53.2 Å². The van der Waals surface area contributed by atoms with Gasteiger partial charge in [0, 0.05) is 6.20 Å². The maximum absolute atomic E-state index is 12.2. The van der Waals surface area contributed by atoms with E-state index in [4.69, 9.17) is 16.3 Å². The first kappa shape index (κ1) is 18.6. The molecule has 0 unspecified atom stereocenters. The number of amides is 1. The molecule has 6 nitrogen and oxygen atoms in total. The van der Waals surface area contributed by atoms with Crippen molar-refractivity contribution in [2.24, 2.45) is 0 Å². The fraction of sp³-hybridized carbons (Fsp3) is 0.188. The van der Waals surface area contributed by atoms with Crippen molar-refractivity contribution in [3.8, 4) is 5.75 Å². The van der Waals surface area contributed by atoms with E-state index in [-0.39, 0.29) is 17.1 Å². The van der Waals surface area contributed by atoms with Crippen molar-refractivity contribution >= 4 is 29.3 Å². The highest BCUT2D eigenvalue weighted by molar-refractivity contribution is 6.30. The van der Waals surface area contributed by atoms with Crippen LogP contribution in [0, 0.1) is 0 Å². The average molecular weight is 371 g/mol. The number of carbonyl (C=O) groups excluding carboxylic acids is 2. The zero-order chi connectivity index (χ0) is 18.4. The van der Waals surface area contributed by atoms with Crippen LogP contribution in [0.5, 0.6) is 5.75 Å². The van der Waals surface area contributed by atoms with Gasteiger partial charge in [-0.2, -0.15) is 8.78 Å². The summed E-state index contributed by atoms with van der Waals surface area (Å²) >= 11 is 5.69. The van der Waals surface area contributed by atoms with Gasteiger partial charge in [0.1, 0.15) is 11.6 Å². The lowest BCUT2D eigenvalue weighted by Gasteiger charge is -2.13. The number of halogens is 3. The molecule has 0 fully saturated rings. The molecule has 0 saturated carbocycles. The van der Waals surface area contributed by atoms with E-state index < -0.39 is 24.6 Å². The molecule has 1 atom stereocenters. The highest BCUT2D eigenvalue weighted by Gasteiger charge is 2.20. The van der Waals surface area contributed by atoms with Gasteiger partial charge in [-0.05, 0) is 37.3 Å². The van der Waals surface area contributed by atoms with Gasteiger partial charge in [0.15, 0.2) is 6.10 Å². The molecule has 2 aromatic rings. The number of rotatable bonds is 6. The number of nitrogens with zero attached hydrogens (tertiary/aromatic N) is 1. The molecule has 0 bridgehead atoms. The first-order chi connectivity index (χ1) is 11.8. The van der Waals surface area contributed by atoms with Crippen LogP contribution in [0.4, 0.5) is 14.6 Å². The second kappa shape index (κ2) is 8.39. The van der Waals surface area contributed by atoms with Crippen molar-refractivity contribution in [2.45, 2.75) is 19.6 Å². The number of carbonyl (C=O) groups is 2. The minimum Gasteiger partial charge on any atom is -0.449 e. The molecule has 1 aromatic carbocycles. The van der Waals surface area contributed by atoms with E-state index in [1.807, 2.05) is 0 Å². The third-order valence-electron chi connectivity index (χ3n) is 2.93. The Hall–Kier alpha value is -2.74. The van der Waals surface area contributed by atoms with Crippen LogP contribution < -0.4 is 10.1 Å². The normalized spacial score (nSPS) is 11.7. The van der Waals surface area contributed by atoms with Crippen molar-refractivity contribution in [1.29, 1.82) is 0 Å². The topological polar surface area (TPSA) is 77.5 Å². The van der Waals surface area contributed by atoms with Gasteiger partial charge < -0.3 is 14.8 Å². The number of aromatic nitrogens is 1. The third kappa shape index (κ3) is 5.68. The van der Waals surface area contributed by atoms with Crippen molar-refractivity contribution in [1.82, 2.24) is 4.98 Å². The van der Waals surface area contributed by atoms with Crippen LogP contribution in [0.3, 0.4) is 0 Å². The second-order valence-electron chi connectivity index (χ2n) is 4.80. The van der Waals surface area contributed by atoms with Gasteiger partial charge in [-0.1, -0.05) is 17.7 Å². The summed E-state index contributed by atoms with van der Waals surface area (Å²) in [7, 11) is 0. The fourth-order valence-corrected chi connectivity index (χ4v) is 1.87. The largest absolute Gasteiger partial charge is 0.449 e. The summed E-state index contributed by atoms with van der Waals surface area (Å²) in [4.78, 5) is 27.9. The molecule has 0 aliphatic carbocycles. The summed E-state index contributed by atoms with van der Waals surface area (Å²) in [6.07, 6.45) is 0.215. The maximum Gasteiger partial charge on any atom is 0.387 e. The first-order valence-corrected chi connectivity index (χ1v) is 7.41. The van der Waals surface area contributed by atoms with Gasteiger partial charge in [0.25, 0.3) is 5.91 Å². The lowest BCUT2D eigenvalue weighted by molar-refractivity contribution is -0.123. The molecule has 0 aliphatic rings. The van der Waals surface area contributed by atoms with Gasteiger partial charge in [0.2, 0.25) is 0 Å². The summed E-state index contributed by atoms with van der Waals surface area (Å²) < 4.78 is 33.6. The summed E-state index contributed by atoms with van der Waals surface area (Å²) in [5.74, 6) is -1.41. The van der Waals surface area contributed by atoms with Crippen LogP contribution in [-0.4, -0.2) is 29.6 Å². The van der Waals surface area contributed by atoms with Gasteiger partial charge in [-0.15, -0.1) is 0 Å². The number of pyridine rings is 1. The van der Waals surface area contributed by atoms with Crippen molar-refractivity contribution in [2.75, 3.05) is 5.32 Å². The quantitative estimate of drug-likeness (QED) is 0.787. The van der Waals surface area contributed by atoms with Crippen molar-refractivity contribution in [3.63, 3.8) is 0 Å². The third-order valence-corrected chi connectivity index (χ3v) is 3.15. The Bertz CT molecular complexity index is 756. The van der Waals surface area contributed by atoms with Gasteiger partial charge in [-0.3, -0.25) is 4.79 Å². The standard InChI is InChI=1S/C16H13ClF2N2O4/c1-9(14(22)21-13-6-5-11(17)8-20-13)24-15(23)10-3-2-4-12(7-10)25-16(18)19/h2-9,16H,1H3,(H,20,21,22)/t9-/m0/s1. The van der Waals surface area contributed by atoms with E-state index >= 15 is 0 Å². The fourth-order valence-electron chi connectivity index (χ4n) is 1.76. The van der Waals surface area contributed by atoms with Crippen LogP contribution in [0.1, 0.15) is 17.3 Å². The minimum atomic E-state index is -3.01. The minimum absolute atomic E-state index is 0.0255. The van der Waals surface area contributed by atoms with E-state index in [2.05, 4.69) is 15.0 Å². The Morgan fingerprint density at radius 1 is 1.24 bits per heavy atom. The molecule has 0 saturated heterocycles. The average Bonchev–Trinajstić information content (AvgIpc) is 2.56. The highest BCUT2D eigenvalue weighted by atomic mass is 35.5. The highest BCUT2D eigenvalue weighted by Crippen LogP contribution is 2.17. The predicted molar refractivity (Wildman–Crippen MR) is 85.8 cm³/mol. The van der Waals surface area contributed by atoms with Gasteiger partial charge >= 0.3 is 12.6 Å². The van der Waals surface area contributed by atoms with Crippen LogP contribution >= 0.6 is 11.6 Å². The number of hydrogen-bond donors (Lipinski definition) is 1. The molecule has 1 heterocycles. The molecule has 9 heteroatoms. The monoisotopic (exact) mass is 370 g/mol. The molecule has 2 rings (SSSR count). The van der Waals surface area contributed by atoms with E-state index in [0.717, 1.165) is 6.07 Å². The van der Waals surface area contributed by atoms with E-state index in [1.54, 1.807) is 0 Å². The number of alkyl halides is 2. The smallest absolute Gasteiger partial charge is 0.387 e. The molecule has 0 spiro atoms. The predicted octanol–water partition coefficient (Wildman–Crippen LogP) is 3.52. The number of ether oxygens (including phenoxy) is 2.